The fourth-order valence-corrected chi connectivity index (χ4v) is 3.87. The molecule has 1 atom stereocenters. The molecule has 0 spiro atoms. The van der Waals surface area contributed by atoms with Crippen LogP contribution in [0.1, 0.15) is 36.5 Å². The third-order valence-electron chi connectivity index (χ3n) is 5.67. The molecule has 0 aliphatic heterocycles. The van der Waals surface area contributed by atoms with Gasteiger partial charge in [0.1, 0.15) is 11.9 Å². The fourth-order valence-electron chi connectivity index (χ4n) is 3.75. The molecule has 3 rings (SSSR count). The molecule has 0 aromatic heterocycles. The van der Waals surface area contributed by atoms with Crippen molar-refractivity contribution in [2.75, 3.05) is 6.54 Å². The molecule has 0 aliphatic rings. The van der Waals surface area contributed by atoms with Crippen LogP contribution in [0.2, 0.25) is 5.02 Å². The SMILES string of the molecule is CCCCNC(=O)C(Cc1ccccc1)N(Cc1ccccc1F)C(=O)Cc1ccc(Cl)cc1. The van der Waals surface area contributed by atoms with E-state index in [1.807, 2.05) is 37.3 Å². The molecule has 3 aromatic rings. The number of nitrogens with zero attached hydrogens (tertiary/aromatic N) is 1. The fraction of sp³-hybridized carbons (Fsp3) is 0.286. The van der Waals surface area contributed by atoms with E-state index in [0.717, 1.165) is 24.0 Å². The van der Waals surface area contributed by atoms with Gasteiger partial charge in [0.2, 0.25) is 11.8 Å². The van der Waals surface area contributed by atoms with Gasteiger partial charge in [-0.15, -0.1) is 0 Å². The summed E-state index contributed by atoms with van der Waals surface area (Å²) in [7, 11) is 0. The summed E-state index contributed by atoms with van der Waals surface area (Å²) < 4.78 is 14.6. The van der Waals surface area contributed by atoms with Crippen molar-refractivity contribution in [3.05, 3.63) is 106 Å². The van der Waals surface area contributed by atoms with Gasteiger partial charge in [0.05, 0.1) is 6.42 Å². The summed E-state index contributed by atoms with van der Waals surface area (Å²) in [6.45, 7) is 2.57. The van der Waals surface area contributed by atoms with Gasteiger partial charge in [0.25, 0.3) is 0 Å². The Morgan fingerprint density at radius 3 is 2.29 bits per heavy atom. The number of rotatable bonds is 11. The van der Waals surface area contributed by atoms with Crippen LogP contribution in [0.3, 0.4) is 0 Å². The lowest BCUT2D eigenvalue weighted by molar-refractivity contribution is -0.140. The summed E-state index contributed by atoms with van der Waals surface area (Å²) in [5.74, 6) is -0.896. The van der Waals surface area contributed by atoms with Crippen molar-refractivity contribution < 1.29 is 14.0 Å². The van der Waals surface area contributed by atoms with Gasteiger partial charge in [-0.25, -0.2) is 4.39 Å². The van der Waals surface area contributed by atoms with Crippen LogP contribution in [-0.4, -0.2) is 29.3 Å². The molecule has 6 heteroatoms. The highest BCUT2D eigenvalue weighted by atomic mass is 35.5. The van der Waals surface area contributed by atoms with Crippen molar-refractivity contribution in [3.8, 4) is 0 Å². The summed E-state index contributed by atoms with van der Waals surface area (Å²) in [5, 5.41) is 3.55. The lowest BCUT2D eigenvalue weighted by atomic mass is 10.0. The van der Waals surface area contributed by atoms with E-state index in [0.29, 0.717) is 23.6 Å². The molecular formula is C28H30ClFN2O2. The third kappa shape index (κ3) is 7.42. The van der Waals surface area contributed by atoms with Crippen LogP contribution in [-0.2, 0) is 29.0 Å². The van der Waals surface area contributed by atoms with E-state index in [1.54, 1.807) is 42.5 Å². The van der Waals surface area contributed by atoms with Crippen molar-refractivity contribution in [2.24, 2.45) is 0 Å². The topological polar surface area (TPSA) is 49.4 Å². The molecule has 178 valence electrons. The molecule has 34 heavy (non-hydrogen) atoms. The van der Waals surface area contributed by atoms with E-state index in [4.69, 9.17) is 11.6 Å². The number of carbonyl (C=O) groups is 2. The van der Waals surface area contributed by atoms with Crippen LogP contribution in [0, 0.1) is 5.82 Å². The van der Waals surface area contributed by atoms with Gasteiger partial charge in [0.15, 0.2) is 0 Å². The first kappa shape index (κ1) is 25.4. The van der Waals surface area contributed by atoms with Crippen LogP contribution < -0.4 is 5.32 Å². The lowest BCUT2D eigenvalue weighted by Gasteiger charge is -2.32. The third-order valence-corrected chi connectivity index (χ3v) is 5.92. The number of hydrogen-bond acceptors (Lipinski definition) is 2. The minimum Gasteiger partial charge on any atom is -0.354 e. The van der Waals surface area contributed by atoms with Crippen molar-refractivity contribution in [1.29, 1.82) is 0 Å². The maximum atomic E-state index is 14.6. The molecule has 2 amide bonds. The normalized spacial score (nSPS) is 11.6. The van der Waals surface area contributed by atoms with Crippen molar-refractivity contribution in [1.82, 2.24) is 10.2 Å². The number of halogens is 2. The van der Waals surface area contributed by atoms with Crippen LogP contribution in [0.15, 0.2) is 78.9 Å². The Bertz CT molecular complexity index is 1070. The monoisotopic (exact) mass is 480 g/mol. The molecular weight excluding hydrogens is 451 g/mol. The smallest absolute Gasteiger partial charge is 0.243 e. The van der Waals surface area contributed by atoms with E-state index in [1.165, 1.54) is 11.0 Å². The summed E-state index contributed by atoms with van der Waals surface area (Å²) >= 11 is 5.99. The highest BCUT2D eigenvalue weighted by Crippen LogP contribution is 2.19. The first-order valence-electron chi connectivity index (χ1n) is 11.6. The number of nitrogens with one attached hydrogen (secondary N) is 1. The van der Waals surface area contributed by atoms with Crippen LogP contribution in [0.5, 0.6) is 0 Å². The molecule has 1 unspecified atom stereocenters. The maximum Gasteiger partial charge on any atom is 0.243 e. The summed E-state index contributed by atoms with van der Waals surface area (Å²) in [6.07, 6.45) is 2.20. The Labute approximate surface area is 205 Å². The quantitative estimate of drug-likeness (QED) is 0.364. The zero-order valence-electron chi connectivity index (χ0n) is 19.3. The summed E-state index contributed by atoms with van der Waals surface area (Å²) in [6, 6.07) is 22.2. The molecule has 0 aliphatic carbocycles. The van der Waals surface area contributed by atoms with E-state index in [9.17, 15) is 14.0 Å². The molecule has 3 aromatic carbocycles. The van der Waals surface area contributed by atoms with E-state index < -0.39 is 11.9 Å². The molecule has 0 saturated heterocycles. The second-order valence-corrected chi connectivity index (χ2v) is 8.70. The van der Waals surface area contributed by atoms with Crippen molar-refractivity contribution in [3.63, 3.8) is 0 Å². The average Bonchev–Trinajstić information content (AvgIpc) is 2.84. The Hall–Kier alpha value is -3.18. The predicted octanol–water partition coefficient (Wildman–Crippen LogP) is 5.58. The number of benzene rings is 3. The molecule has 4 nitrogen and oxygen atoms in total. The zero-order valence-corrected chi connectivity index (χ0v) is 20.1. The predicted molar refractivity (Wildman–Crippen MR) is 134 cm³/mol. The lowest BCUT2D eigenvalue weighted by Crippen LogP contribution is -2.51. The second kappa shape index (κ2) is 12.9. The van der Waals surface area contributed by atoms with Gasteiger partial charge in [-0.2, -0.15) is 0 Å². The van der Waals surface area contributed by atoms with Gasteiger partial charge in [-0.1, -0.05) is 85.6 Å². The molecule has 0 fully saturated rings. The Morgan fingerprint density at radius 1 is 0.941 bits per heavy atom. The highest BCUT2D eigenvalue weighted by molar-refractivity contribution is 6.30. The maximum absolute atomic E-state index is 14.6. The largest absolute Gasteiger partial charge is 0.354 e. The van der Waals surface area contributed by atoms with Crippen molar-refractivity contribution >= 4 is 23.4 Å². The first-order valence-corrected chi connectivity index (χ1v) is 11.9. The van der Waals surface area contributed by atoms with Gasteiger partial charge in [0, 0.05) is 30.1 Å². The number of hydrogen-bond donors (Lipinski definition) is 1. The molecule has 0 bridgehead atoms. The van der Waals surface area contributed by atoms with Gasteiger partial charge in [-0.05, 0) is 35.7 Å². The number of unbranched alkanes of at least 4 members (excludes halogenated alkanes) is 1. The van der Waals surface area contributed by atoms with Gasteiger partial charge in [-0.3, -0.25) is 9.59 Å². The van der Waals surface area contributed by atoms with Crippen LogP contribution in [0.25, 0.3) is 0 Å². The van der Waals surface area contributed by atoms with Crippen LogP contribution >= 0.6 is 11.6 Å². The highest BCUT2D eigenvalue weighted by Gasteiger charge is 2.30. The minimum atomic E-state index is -0.779. The molecule has 1 N–H and O–H groups in total. The van der Waals surface area contributed by atoms with Gasteiger partial charge >= 0.3 is 0 Å². The Morgan fingerprint density at radius 2 is 1.62 bits per heavy atom. The summed E-state index contributed by atoms with van der Waals surface area (Å²) in [4.78, 5) is 28.4. The summed E-state index contributed by atoms with van der Waals surface area (Å²) in [5.41, 5.74) is 2.07. The second-order valence-electron chi connectivity index (χ2n) is 8.27. The molecule has 0 saturated carbocycles. The van der Waals surface area contributed by atoms with Crippen LogP contribution in [0.4, 0.5) is 4.39 Å². The average molecular weight is 481 g/mol. The minimum absolute atomic E-state index is 0.00219. The van der Waals surface area contributed by atoms with E-state index in [2.05, 4.69) is 5.32 Å². The standard InChI is InChI=1S/C28H30ClFN2O2/c1-2-3-17-31-28(34)26(18-21-9-5-4-6-10-21)32(20-23-11-7-8-12-25(23)30)27(33)19-22-13-15-24(29)16-14-22/h4-16,26H,2-3,17-20H2,1H3,(H,31,34). The first-order chi connectivity index (χ1) is 16.5. The zero-order chi connectivity index (χ0) is 24.3. The Balaban J connectivity index is 1.94. The van der Waals surface area contributed by atoms with E-state index in [-0.39, 0.29) is 24.8 Å². The number of amides is 2. The molecule has 0 heterocycles. The van der Waals surface area contributed by atoms with Crippen molar-refractivity contribution in [2.45, 2.75) is 45.2 Å². The van der Waals surface area contributed by atoms with E-state index >= 15 is 0 Å². The number of carbonyl (C=O) groups excluding carboxylic acids is 2. The Kier molecular flexibility index (Phi) is 9.65. The molecule has 0 radical (unpaired) electrons. The van der Waals surface area contributed by atoms with Gasteiger partial charge < -0.3 is 10.2 Å².